The number of carbonyl (C=O) groups excluding carboxylic acids is 1. The summed E-state index contributed by atoms with van der Waals surface area (Å²) in [5, 5.41) is 11.0. The van der Waals surface area contributed by atoms with Gasteiger partial charge in [0.25, 0.3) is 5.91 Å². The number of carbonyl (C=O) groups is 2. The van der Waals surface area contributed by atoms with E-state index in [2.05, 4.69) is 5.32 Å². The van der Waals surface area contributed by atoms with Gasteiger partial charge in [-0.2, -0.15) is 0 Å². The van der Waals surface area contributed by atoms with Crippen molar-refractivity contribution >= 4 is 17.6 Å². The van der Waals surface area contributed by atoms with Crippen molar-refractivity contribution in [2.75, 3.05) is 5.32 Å². The largest absolute Gasteiger partial charge is 0.478 e. The summed E-state index contributed by atoms with van der Waals surface area (Å²) in [5.74, 6) is -4.00. The van der Waals surface area contributed by atoms with Gasteiger partial charge in [-0.25, -0.2) is 13.6 Å². The zero-order valence-electron chi connectivity index (χ0n) is 10.1. The smallest absolute Gasteiger partial charge is 0.337 e. The van der Waals surface area contributed by atoms with Gasteiger partial charge in [-0.05, 0) is 24.3 Å². The number of nitrogens with one attached hydrogen (secondary N) is 1. The molecular weight excluding hydrogens is 268 g/mol. The van der Waals surface area contributed by atoms with Gasteiger partial charge in [0, 0.05) is 0 Å². The first-order valence-corrected chi connectivity index (χ1v) is 5.58. The zero-order valence-corrected chi connectivity index (χ0v) is 10.1. The summed E-state index contributed by atoms with van der Waals surface area (Å²) in [6.45, 7) is 0. The van der Waals surface area contributed by atoms with Crippen LogP contribution >= 0.6 is 0 Å². The predicted molar refractivity (Wildman–Crippen MR) is 67.7 cm³/mol. The SMILES string of the molecule is O=C(Nc1c(F)cccc1C(=O)O)c1ccccc1F. The van der Waals surface area contributed by atoms with Crippen LogP contribution in [0, 0.1) is 11.6 Å². The van der Waals surface area contributed by atoms with E-state index in [1.807, 2.05) is 0 Å². The second-order valence-corrected chi connectivity index (χ2v) is 3.90. The van der Waals surface area contributed by atoms with Gasteiger partial charge in [-0.15, -0.1) is 0 Å². The van der Waals surface area contributed by atoms with Crippen molar-refractivity contribution in [3.8, 4) is 0 Å². The van der Waals surface area contributed by atoms with Crippen LogP contribution in [0.15, 0.2) is 42.5 Å². The Morgan fingerprint density at radius 1 is 0.900 bits per heavy atom. The molecule has 0 saturated heterocycles. The highest BCUT2D eigenvalue weighted by atomic mass is 19.1. The number of amides is 1. The van der Waals surface area contributed by atoms with Crippen molar-refractivity contribution in [1.82, 2.24) is 0 Å². The molecule has 2 N–H and O–H groups in total. The number of hydrogen-bond acceptors (Lipinski definition) is 2. The minimum atomic E-state index is -1.40. The molecule has 1 amide bonds. The van der Waals surface area contributed by atoms with Gasteiger partial charge in [0.05, 0.1) is 16.8 Å². The second kappa shape index (κ2) is 5.48. The number of para-hydroxylation sites is 1. The Balaban J connectivity index is 2.38. The fourth-order valence-electron chi connectivity index (χ4n) is 1.66. The Morgan fingerprint density at radius 3 is 2.15 bits per heavy atom. The summed E-state index contributed by atoms with van der Waals surface area (Å²) in [4.78, 5) is 22.8. The van der Waals surface area contributed by atoms with Crippen LogP contribution in [0.1, 0.15) is 20.7 Å². The minimum absolute atomic E-state index is 0.299. The van der Waals surface area contributed by atoms with Crippen LogP contribution in [0.2, 0.25) is 0 Å². The number of benzene rings is 2. The summed E-state index contributed by atoms with van der Waals surface area (Å²) in [6, 6.07) is 8.49. The van der Waals surface area contributed by atoms with Crippen molar-refractivity contribution < 1.29 is 23.5 Å². The fraction of sp³-hybridized carbons (Fsp3) is 0. The molecule has 0 aliphatic rings. The van der Waals surface area contributed by atoms with Gasteiger partial charge in [0.1, 0.15) is 11.6 Å². The molecule has 2 aromatic carbocycles. The topological polar surface area (TPSA) is 66.4 Å². The molecule has 20 heavy (non-hydrogen) atoms. The standard InChI is InChI=1S/C14H9F2NO3/c15-10-6-2-1-4-8(10)13(18)17-12-9(14(19)20)5-3-7-11(12)16/h1-7H,(H,17,18)(H,19,20). The van der Waals surface area contributed by atoms with E-state index in [1.165, 1.54) is 24.3 Å². The lowest BCUT2D eigenvalue weighted by molar-refractivity contribution is 0.0697. The number of carboxylic acid groups (broad SMARTS) is 1. The van der Waals surface area contributed by atoms with E-state index in [0.29, 0.717) is 0 Å². The second-order valence-electron chi connectivity index (χ2n) is 3.90. The summed E-state index contributed by atoms with van der Waals surface area (Å²) in [7, 11) is 0. The van der Waals surface area contributed by atoms with Gasteiger partial charge in [0.15, 0.2) is 0 Å². The molecule has 0 spiro atoms. The van der Waals surface area contributed by atoms with E-state index in [-0.39, 0.29) is 5.56 Å². The fourth-order valence-corrected chi connectivity index (χ4v) is 1.66. The molecule has 2 rings (SSSR count). The van der Waals surface area contributed by atoms with E-state index >= 15 is 0 Å². The van der Waals surface area contributed by atoms with Crippen molar-refractivity contribution in [1.29, 1.82) is 0 Å². The first-order chi connectivity index (χ1) is 9.50. The highest BCUT2D eigenvalue weighted by Crippen LogP contribution is 2.21. The maximum atomic E-state index is 13.6. The Labute approximate surface area is 112 Å². The lowest BCUT2D eigenvalue weighted by Crippen LogP contribution is -2.17. The third kappa shape index (κ3) is 2.64. The highest BCUT2D eigenvalue weighted by molar-refractivity contribution is 6.07. The van der Waals surface area contributed by atoms with Crippen LogP contribution < -0.4 is 5.32 Å². The number of carboxylic acids is 1. The van der Waals surface area contributed by atoms with Crippen LogP contribution in [0.4, 0.5) is 14.5 Å². The molecule has 0 heterocycles. The van der Waals surface area contributed by atoms with Crippen molar-refractivity contribution in [2.45, 2.75) is 0 Å². The van der Waals surface area contributed by atoms with Gasteiger partial charge < -0.3 is 10.4 Å². The van der Waals surface area contributed by atoms with Gasteiger partial charge in [-0.1, -0.05) is 18.2 Å². The van der Waals surface area contributed by atoms with Crippen molar-refractivity contribution in [2.24, 2.45) is 0 Å². The number of anilines is 1. The van der Waals surface area contributed by atoms with E-state index in [4.69, 9.17) is 5.11 Å². The highest BCUT2D eigenvalue weighted by Gasteiger charge is 2.18. The molecule has 0 atom stereocenters. The number of halogens is 2. The maximum absolute atomic E-state index is 13.6. The van der Waals surface area contributed by atoms with Gasteiger partial charge in [0.2, 0.25) is 0 Å². The van der Waals surface area contributed by atoms with Gasteiger partial charge in [-0.3, -0.25) is 4.79 Å². The predicted octanol–water partition coefficient (Wildman–Crippen LogP) is 2.92. The number of hydrogen-bond donors (Lipinski definition) is 2. The summed E-state index contributed by atoms with van der Waals surface area (Å²) in [5.41, 5.74) is -1.20. The van der Waals surface area contributed by atoms with E-state index in [1.54, 1.807) is 0 Å². The van der Waals surface area contributed by atoms with Crippen LogP contribution in [-0.4, -0.2) is 17.0 Å². The molecule has 0 saturated carbocycles. The summed E-state index contributed by atoms with van der Waals surface area (Å²) < 4.78 is 27.0. The number of aromatic carboxylic acids is 1. The number of rotatable bonds is 3. The molecule has 0 radical (unpaired) electrons. The average Bonchev–Trinajstić information content (AvgIpc) is 2.41. The molecule has 0 aromatic heterocycles. The Hall–Kier alpha value is -2.76. The van der Waals surface area contributed by atoms with E-state index < -0.39 is 34.8 Å². The third-order valence-corrected chi connectivity index (χ3v) is 2.60. The van der Waals surface area contributed by atoms with Crippen molar-refractivity contribution in [3.05, 3.63) is 65.2 Å². The van der Waals surface area contributed by atoms with Gasteiger partial charge >= 0.3 is 5.97 Å². The molecule has 4 nitrogen and oxygen atoms in total. The Morgan fingerprint density at radius 2 is 1.50 bits per heavy atom. The summed E-state index contributed by atoms with van der Waals surface area (Å²) >= 11 is 0. The van der Waals surface area contributed by atoms with Crippen LogP contribution in [-0.2, 0) is 0 Å². The minimum Gasteiger partial charge on any atom is -0.478 e. The Bertz CT molecular complexity index is 686. The van der Waals surface area contributed by atoms with Crippen LogP contribution in [0.3, 0.4) is 0 Å². The lowest BCUT2D eigenvalue weighted by Gasteiger charge is -2.09. The molecule has 0 aliphatic heterocycles. The molecule has 0 fully saturated rings. The van der Waals surface area contributed by atoms with E-state index in [9.17, 15) is 18.4 Å². The zero-order chi connectivity index (χ0) is 14.7. The maximum Gasteiger partial charge on any atom is 0.337 e. The van der Waals surface area contributed by atoms with Crippen LogP contribution in [0.5, 0.6) is 0 Å². The molecular formula is C14H9F2NO3. The normalized spacial score (nSPS) is 10.1. The first kappa shape index (κ1) is 13.7. The quantitative estimate of drug-likeness (QED) is 0.906. The molecule has 0 bridgehead atoms. The monoisotopic (exact) mass is 277 g/mol. The molecule has 2 aromatic rings. The summed E-state index contributed by atoms with van der Waals surface area (Å²) in [6.07, 6.45) is 0. The third-order valence-electron chi connectivity index (χ3n) is 2.60. The van der Waals surface area contributed by atoms with Crippen LogP contribution in [0.25, 0.3) is 0 Å². The van der Waals surface area contributed by atoms with Crippen molar-refractivity contribution in [3.63, 3.8) is 0 Å². The molecule has 0 unspecified atom stereocenters. The first-order valence-electron chi connectivity index (χ1n) is 5.58. The Kier molecular flexibility index (Phi) is 3.74. The lowest BCUT2D eigenvalue weighted by atomic mass is 10.1. The molecule has 102 valence electrons. The molecule has 0 aliphatic carbocycles. The molecule has 6 heteroatoms. The average molecular weight is 277 g/mol. The van der Waals surface area contributed by atoms with E-state index in [0.717, 1.165) is 18.2 Å².